The van der Waals surface area contributed by atoms with Gasteiger partial charge in [-0.05, 0) is 51.2 Å². The van der Waals surface area contributed by atoms with Crippen LogP contribution in [0.25, 0.3) is 0 Å². The average molecular weight is 469 g/mol. The second kappa shape index (κ2) is 13.4. The SMILES string of the molecule is COC(=O)[C@H](CCc1ccccc1)CNC(=O)CN(CCc1ccccc1)C(=O)OC(C)(C)C. The summed E-state index contributed by atoms with van der Waals surface area (Å²) in [6, 6.07) is 19.6. The molecule has 0 aliphatic heterocycles. The van der Waals surface area contributed by atoms with E-state index in [9.17, 15) is 14.4 Å². The Kier molecular flexibility index (Phi) is 10.6. The van der Waals surface area contributed by atoms with E-state index >= 15 is 0 Å². The Morgan fingerprint density at radius 1 is 0.912 bits per heavy atom. The van der Waals surface area contributed by atoms with Gasteiger partial charge in [-0.1, -0.05) is 60.7 Å². The molecule has 0 bridgehead atoms. The molecular weight excluding hydrogens is 432 g/mol. The van der Waals surface area contributed by atoms with Crippen molar-refractivity contribution in [1.82, 2.24) is 10.2 Å². The summed E-state index contributed by atoms with van der Waals surface area (Å²) < 4.78 is 10.4. The Bertz CT molecular complexity index is 910. The van der Waals surface area contributed by atoms with Crippen LogP contribution in [0.3, 0.4) is 0 Å². The van der Waals surface area contributed by atoms with Crippen molar-refractivity contribution in [3.8, 4) is 0 Å². The molecule has 0 fully saturated rings. The molecule has 0 spiro atoms. The first-order chi connectivity index (χ1) is 16.2. The molecule has 2 rings (SSSR count). The summed E-state index contributed by atoms with van der Waals surface area (Å²) in [6.07, 6.45) is 1.28. The number of hydrogen-bond acceptors (Lipinski definition) is 5. The zero-order valence-corrected chi connectivity index (χ0v) is 20.6. The van der Waals surface area contributed by atoms with Crippen molar-refractivity contribution in [1.29, 1.82) is 0 Å². The first-order valence-corrected chi connectivity index (χ1v) is 11.6. The predicted octanol–water partition coefficient (Wildman–Crippen LogP) is 4.00. The van der Waals surface area contributed by atoms with E-state index in [1.165, 1.54) is 12.0 Å². The Morgan fingerprint density at radius 3 is 2.00 bits per heavy atom. The van der Waals surface area contributed by atoms with Crippen LogP contribution in [0.4, 0.5) is 4.79 Å². The van der Waals surface area contributed by atoms with Crippen LogP contribution in [0.5, 0.6) is 0 Å². The number of nitrogens with one attached hydrogen (secondary N) is 1. The van der Waals surface area contributed by atoms with Gasteiger partial charge in [-0.25, -0.2) is 4.79 Å². The van der Waals surface area contributed by atoms with Crippen LogP contribution in [0, 0.1) is 5.92 Å². The number of aryl methyl sites for hydroxylation is 1. The normalized spacial score (nSPS) is 11.9. The van der Waals surface area contributed by atoms with E-state index in [4.69, 9.17) is 9.47 Å². The van der Waals surface area contributed by atoms with E-state index in [1.54, 1.807) is 20.8 Å². The molecule has 1 atom stereocenters. The molecule has 0 heterocycles. The molecule has 0 aliphatic carbocycles. The molecule has 1 N–H and O–H groups in total. The van der Waals surface area contributed by atoms with Crippen molar-refractivity contribution >= 4 is 18.0 Å². The lowest BCUT2D eigenvalue weighted by Gasteiger charge is -2.27. The number of methoxy groups -OCH3 is 1. The van der Waals surface area contributed by atoms with Gasteiger partial charge < -0.3 is 14.8 Å². The minimum Gasteiger partial charge on any atom is -0.469 e. The second-order valence-electron chi connectivity index (χ2n) is 9.19. The highest BCUT2D eigenvalue weighted by atomic mass is 16.6. The van der Waals surface area contributed by atoms with Crippen LogP contribution in [0.15, 0.2) is 60.7 Å². The van der Waals surface area contributed by atoms with E-state index in [0.29, 0.717) is 25.8 Å². The maximum Gasteiger partial charge on any atom is 0.410 e. The number of esters is 1. The van der Waals surface area contributed by atoms with Gasteiger partial charge >= 0.3 is 12.1 Å². The number of nitrogens with zero attached hydrogens (tertiary/aromatic N) is 1. The molecule has 2 aromatic rings. The molecule has 0 saturated carbocycles. The van der Waals surface area contributed by atoms with Crippen molar-refractivity contribution in [2.75, 3.05) is 26.7 Å². The van der Waals surface area contributed by atoms with E-state index in [0.717, 1.165) is 11.1 Å². The van der Waals surface area contributed by atoms with Gasteiger partial charge in [0.2, 0.25) is 5.91 Å². The molecule has 0 aromatic heterocycles. The maximum absolute atomic E-state index is 12.7. The van der Waals surface area contributed by atoms with Crippen molar-refractivity contribution in [3.05, 3.63) is 71.8 Å². The third kappa shape index (κ3) is 10.1. The third-order valence-corrected chi connectivity index (χ3v) is 5.20. The lowest BCUT2D eigenvalue weighted by atomic mass is 9.99. The van der Waals surface area contributed by atoms with E-state index < -0.39 is 17.6 Å². The molecule has 0 radical (unpaired) electrons. The Hall–Kier alpha value is -3.35. The van der Waals surface area contributed by atoms with Crippen molar-refractivity contribution in [2.45, 2.75) is 45.6 Å². The molecule has 7 nitrogen and oxygen atoms in total. The molecular formula is C27H36N2O5. The van der Waals surface area contributed by atoms with Gasteiger partial charge in [-0.15, -0.1) is 0 Å². The standard InChI is InChI=1S/C27H36N2O5/c1-27(2,3)34-26(32)29(18-17-22-13-9-6-10-14-22)20-24(30)28-19-23(25(31)33-4)16-15-21-11-7-5-8-12-21/h5-14,23H,15-20H2,1-4H3,(H,28,30)/t23-/m1/s1. The number of carbonyl (C=O) groups excluding carboxylic acids is 3. The van der Waals surface area contributed by atoms with E-state index in [2.05, 4.69) is 5.32 Å². The minimum absolute atomic E-state index is 0.138. The summed E-state index contributed by atoms with van der Waals surface area (Å²) in [5, 5.41) is 2.79. The van der Waals surface area contributed by atoms with Gasteiger partial charge in [0.1, 0.15) is 12.1 Å². The minimum atomic E-state index is -0.675. The van der Waals surface area contributed by atoms with Crippen molar-refractivity contribution in [2.24, 2.45) is 5.92 Å². The monoisotopic (exact) mass is 468 g/mol. The van der Waals surface area contributed by atoms with Crippen LogP contribution in [0.1, 0.15) is 38.3 Å². The van der Waals surface area contributed by atoms with Gasteiger partial charge in [-0.3, -0.25) is 14.5 Å². The zero-order valence-electron chi connectivity index (χ0n) is 20.6. The average Bonchev–Trinajstić information content (AvgIpc) is 2.81. The Morgan fingerprint density at radius 2 is 1.47 bits per heavy atom. The predicted molar refractivity (Wildman–Crippen MR) is 131 cm³/mol. The van der Waals surface area contributed by atoms with Gasteiger partial charge in [-0.2, -0.15) is 0 Å². The Labute approximate surface area is 202 Å². The topological polar surface area (TPSA) is 84.9 Å². The fourth-order valence-corrected chi connectivity index (χ4v) is 3.39. The first-order valence-electron chi connectivity index (χ1n) is 11.6. The van der Waals surface area contributed by atoms with Gasteiger partial charge in [0.15, 0.2) is 0 Å². The molecule has 0 aliphatic rings. The number of rotatable bonds is 11. The van der Waals surface area contributed by atoms with Crippen LogP contribution in [-0.4, -0.2) is 55.2 Å². The quantitative estimate of drug-likeness (QED) is 0.504. The molecule has 7 heteroatoms. The summed E-state index contributed by atoms with van der Waals surface area (Å²) in [4.78, 5) is 39.1. The van der Waals surface area contributed by atoms with Gasteiger partial charge in [0.05, 0.1) is 13.0 Å². The van der Waals surface area contributed by atoms with E-state index in [1.807, 2.05) is 60.7 Å². The Balaban J connectivity index is 1.96. The smallest absolute Gasteiger partial charge is 0.410 e. The molecule has 0 saturated heterocycles. The largest absolute Gasteiger partial charge is 0.469 e. The molecule has 34 heavy (non-hydrogen) atoms. The summed E-state index contributed by atoms with van der Waals surface area (Å²) in [5.74, 6) is -1.20. The summed E-state index contributed by atoms with van der Waals surface area (Å²) in [7, 11) is 1.34. The highest BCUT2D eigenvalue weighted by molar-refractivity contribution is 5.83. The third-order valence-electron chi connectivity index (χ3n) is 5.20. The second-order valence-corrected chi connectivity index (χ2v) is 9.19. The van der Waals surface area contributed by atoms with Crippen LogP contribution in [-0.2, 0) is 31.9 Å². The summed E-state index contributed by atoms with van der Waals surface area (Å²) in [6.45, 7) is 5.67. The van der Waals surface area contributed by atoms with E-state index in [-0.39, 0.29) is 25.0 Å². The molecule has 184 valence electrons. The lowest BCUT2D eigenvalue weighted by molar-refractivity contribution is -0.145. The number of amides is 2. The van der Waals surface area contributed by atoms with Crippen LogP contribution >= 0.6 is 0 Å². The maximum atomic E-state index is 12.7. The highest BCUT2D eigenvalue weighted by Gasteiger charge is 2.25. The van der Waals surface area contributed by atoms with Gasteiger partial charge in [0.25, 0.3) is 0 Å². The highest BCUT2D eigenvalue weighted by Crippen LogP contribution is 2.13. The van der Waals surface area contributed by atoms with Gasteiger partial charge in [0, 0.05) is 13.1 Å². The molecule has 0 unspecified atom stereocenters. The van der Waals surface area contributed by atoms with Crippen molar-refractivity contribution in [3.63, 3.8) is 0 Å². The first kappa shape index (κ1) is 26.9. The number of hydrogen-bond donors (Lipinski definition) is 1. The molecule has 2 amide bonds. The molecule has 2 aromatic carbocycles. The van der Waals surface area contributed by atoms with Crippen LogP contribution in [0.2, 0.25) is 0 Å². The fourth-order valence-electron chi connectivity index (χ4n) is 3.39. The van der Waals surface area contributed by atoms with Crippen LogP contribution < -0.4 is 5.32 Å². The summed E-state index contributed by atoms with van der Waals surface area (Å²) in [5.41, 5.74) is 1.49. The zero-order chi connectivity index (χ0) is 25.0. The van der Waals surface area contributed by atoms with Crippen molar-refractivity contribution < 1.29 is 23.9 Å². The number of benzene rings is 2. The number of ether oxygens (including phenoxy) is 2. The lowest BCUT2D eigenvalue weighted by Crippen LogP contribution is -2.45. The fraction of sp³-hybridized carbons (Fsp3) is 0.444. The number of carbonyl (C=O) groups is 3. The summed E-state index contributed by atoms with van der Waals surface area (Å²) >= 11 is 0.